The first kappa shape index (κ1) is 56.4. The third-order valence-corrected chi connectivity index (χ3v) is 11.1. The monoisotopic (exact) mass is 1020 g/mol. The summed E-state index contributed by atoms with van der Waals surface area (Å²) < 4.78 is 33.3. The molecule has 2 aromatic carbocycles. The van der Waals surface area contributed by atoms with E-state index in [0.29, 0.717) is 22.2 Å². The van der Waals surface area contributed by atoms with Gasteiger partial charge in [-0.15, -0.1) is 0 Å². The number of hydrogen-bond donors (Lipinski definition) is 3. The van der Waals surface area contributed by atoms with E-state index in [0.717, 1.165) is 5.56 Å². The predicted molar refractivity (Wildman–Crippen MR) is 263 cm³/mol. The molecule has 0 saturated heterocycles. The Kier molecular flexibility index (Phi) is 20.0. The minimum atomic E-state index is -1.26. The molecule has 71 heavy (non-hydrogen) atoms. The number of anilines is 1. The van der Waals surface area contributed by atoms with Crippen molar-refractivity contribution in [2.75, 3.05) is 18.9 Å². The fourth-order valence-corrected chi connectivity index (χ4v) is 7.29. The molecule has 21 heteroatoms. The zero-order valence-corrected chi connectivity index (χ0v) is 42.7. The Labute approximate surface area is 421 Å². The third kappa shape index (κ3) is 17.6. The molecular formula is C50H58ClN7O12S. The quantitative estimate of drug-likeness (QED) is 0.0305. The summed E-state index contributed by atoms with van der Waals surface area (Å²) in [7, 11) is 0. The minimum Gasteiger partial charge on any atom is -0.490 e. The Morgan fingerprint density at radius 3 is 2.08 bits per heavy atom. The number of Topliss-reactive ketones (excluding diaryl/α,β-unsaturated/α-hetero) is 1. The molecule has 0 saturated carbocycles. The van der Waals surface area contributed by atoms with Crippen LogP contribution in [-0.4, -0.2) is 88.3 Å². The number of nitrogens with zero attached hydrogens (tertiary/aromatic N) is 4. The molecule has 4 aromatic rings. The van der Waals surface area contributed by atoms with E-state index < -0.39 is 83.5 Å². The topological polar surface area (TPSA) is 266 Å². The first-order valence-corrected chi connectivity index (χ1v) is 23.7. The van der Waals surface area contributed by atoms with Gasteiger partial charge < -0.3 is 44.5 Å². The number of ether oxygens (including phenoxy) is 5. The van der Waals surface area contributed by atoms with E-state index in [-0.39, 0.29) is 58.6 Å². The van der Waals surface area contributed by atoms with Gasteiger partial charge in [0.2, 0.25) is 17.5 Å². The number of amides is 2. The number of rotatable bonds is 21. The summed E-state index contributed by atoms with van der Waals surface area (Å²) in [5, 5.41) is 16.2. The molecule has 5 atom stereocenters. The molecule has 0 aliphatic carbocycles. The summed E-state index contributed by atoms with van der Waals surface area (Å²) in [6.45, 7) is 22.9. The lowest BCUT2D eigenvalue weighted by Gasteiger charge is -2.23. The van der Waals surface area contributed by atoms with Gasteiger partial charge in [-0.1, -0.05) is 49.3 Å². The van der Waals surface area contributed by atoms with Crippen LogP contribution in [0.25, 0.3) is 27.4 Å². The van der Waals surface area contributed by atoms with E-state index in [1.54, 1.807) is 90.1 Å². The standard InChI is InChI=1S/C50H58ClN7O12S/c1-27(21-39(60)69-49(5,6)7)43(61)55-30(4)47(63)68-36(25-67-46(62)28(2)20-38(59)29(3)56-48(64)70-50(8,9)10)24-65-35-18-14-31(15-19-35)40-37(22-52)45(58-42(53)41(40)54-11)71-26-34-23-66-44(57-34)32-12-16-33(51)17-13-32/h12-19,23,27-30,36H,20-21,24-26H2,1-10H3,(H2,53,58)(H,55,61)(H,56,64)/t27-,28-,29+,30+,36+/m1/s1. The Bertz CT molecular complexity index is 2650. The molecule has 4 N–H and O–H groups in total. The van der Waals surface area contributed by atoms with Crippen LogP contribution in [0, 0.1) is 29.7 Å². The molecule has 0 spiro atoms. The van der Waals surface area contributed by atoms with Crippen molar-refractivity contribution in [2.24, 2.45) is 11.8 Å². The van der Waals surface area contributed by atoms with Gasteiger partial charge in [0.05, 0.1) is 36.2 Å². The number of halogens is 1. The van der Waals surface area contributed by atoms with Crippen LogP contribution in [0.1, 0.15) is 93.3 Å². The van der Waals surface area contributed by atoms with Crippen LogP contribution in [0.15, 0.2) is 64.2 Å². The summed E-state index contributed by atoms with van der Waals surface area (Å²) >= 11 is 7.20. The Morgan fingerprint density at radius 1 is 0.845 bits per heavy atom. The van der Waals surface area contributed by atoms with Gasteiger partial charge in [0.1, 0.15) is 59.4 Å². The number of ketones is 1. The maximum Gasteiger partial charge on any atom is 0.408 e. The molecule has 0 aliphatic rings. The van der Waals surface area contributed by atoms with Gasteiger partial charge in [0.15, 0.2) is 11.9 Å². The fourth-order valence-electron chi connectivity index (χ4n) is 6.29. The number of aromatic nitrogens is 2. The SMILES string of the molecule is [C-]#[N+]c1c(N)nc(SCc2coc(-c3ccc(Cl)cc3)n2)c(C#N)c1-c1ccc(OC[C@@H](COC(=O)[C@H](C)CC(=O)[C@H](C)NC(=O)OC(C)(C)C)OC(=O)[C@H](C)NC(=O)[C@H](C)CC(=O)OC(C)(C)C)cc1. The van der Waals surface area contributed by atoms with Gasteiger partial charge in [0, 0.05) is 34.2 Å². The number of benzene rings is 2. The van der Waals surface area contributed by atoms with Gasteiger partial charge in [-0.2, -0.15) is 5.26 Å². The molecule has 2 heterocycles. The number of alkyl carbamates (subject to hydrolysis) is 1. The fraction of sp³-hybridized carbons (Fsp3) is 0.440. The van der Waals surface area contributed by atoms with E-state index in [1.807, 2.05) is 0 Å². The Hall–Kier alpha value is -7.16. The van der Waals surface area contributed by atoms with Crippen molar-refractivity contribution >= 4 is 70.6 Å². The summed E-state index contributed by atoms with van der Waals surface area (Å²) in [6.07, 6.45) is -1.11. The lowest BCUT2D eigenvalue weighted by molar-refractivity contribution is -0.164. The van der Waals surface area contributed by atoms with E-state index in [9.17, 15) is 34.0 Å². The number of nitrogens with two attached hydrogens (primary N) is 1. The summed E-state index contributed by atoms with van der Waals surface area (Å²) in [5.41, 5.74) is 6.74. The van der Waals surface area contributed by atoms with Crippen LogP contribution < -0.4 is 21.1 Å². The molecule has 0 aliphatic heterocycles. The number of carbonyl (C=O) groups is 6. The zero-order chi connectivity index (χ0) is 52.8. The van der Waals surface area contributed by atoms with Crippen molar-refractivity contribution in [3.05, 3.63) is 82.5 Å². The molecule has 0 bridgehead atoms. The number of hydrogen-bond acceptors (Lipinski definition) is 17. The highest BCUT2D eigenvalue weighted by Gasteiger charge is 2.30. The molecule has 0 unspecified atom stereocenters. The van der Waals surface area contributed by atoms with Crippen molar-refractivity contribution in [3.8, 4) is 34.4 Å². The van der Waals surface area contributed by atoms with Crippen LogP contribution in [0.3, 0.4) is 0 Å². The predicted octanol–water partition coefficient (Wildman–Crippen LogP) is 8.57. The molecule has 0 radical (unpaired) electrons. The number of nitrogen functional groups attached to an aromatic ring is 1. The summed E-state index contributed by atoms with van der Waals surface area (Å²) in [5.74, 6) is -4.46. The normalized spacial score (nSPS) is 13.4. The highest BCUT2D eigenvalue weighted by atomic mass is 35.5. The van der Waals surface area contributed by atoms with Crippen molar-refractivity contribution < 1.29 is 56.9 Å². The van der Waals surface area contributed by atoms with Gasteiger partial charge in [-0.25, -0.2) is 24.4 Å². The van der Waals surface area contributed by atoms with Crippen LogP contribution in [0.4, 0.5) is 16.3 Å². The molecule has 2 amide bonds. The minimum absolute atomic E-state index is 0.0371. The van der Waals surface area contributed by atoms with Crippen LogP contribution in [-0.2, 0) is 48.7 Å². The largest absolute Gasteiger partial charge is 0.490 e. The van der Waals surface area contributed by atoms with Crippen LogP contribution >= 0.6 is 23.4 Å². The number of nitriles is 1. The highest BCUT2D eigenvalue weighted by molar-refractivity contribution is 7.98. The van der Waals surface area contributed by atoms with Gasteiger partial charge in [-0.05, 0) is 97.4 Å². The summed E-state index contributed by atoms with van der Waals surface area (Å²) in [4.78, 5) is 89.5. The number of carbonyl (C=O) groups excluding carboxylic acids is 6. The van der Waals surface area contributed by atoms with Gasteiger partial charge in [0.25, 0.3) is 0 Å². The molecule has 378 valence electrons. The number of thioether (sulfide) groups is 1. The van der Waals surface area contributed by atoms with Crippen molar-refractivity contribution in [1.29, 1.82) is 5.26 Å². The van der Waals surface area contributed by atoms with Crippen molar-refractivity contribution in [2.45, 2.75) is 122 Å². The number of esters is 3. The van der Waals surface area contributed by atoms with Gasteiger partial charge >= 0.3 is 24.0 Å². The average Bonchev–Trinajstić information content (AvgIpc) is 3.76. The van der Waals surface area contributed by atoms with E-state index in [2.05, 4.69) is 31.5 Å². The maximum atomic E-state index is 13.4. The number of oxazole rings is 1. The van der Waals surface area contributed by atoms with Crippen molar-refractivity contribution in [3.63, 3.8) is 0 Å². The van der Waals surface area contributed by atoms with E-state index in [1.165, 1.54) is 45.7 Å². The second-order valence-corrected chi connectivity index (χ2v) is 19.9. The molecular weight excluding hydrogens is 958 g/mol. The highest BCUT2D eigenvalue weighted by Crippen LogP contribution is 2.42. The second kappa shape index (κ2) is 25.1. The zero-order valence-electron chi connectivity index (χ0n) is 41.2. The molecule has 4 rings (SSSR count). The van der Waals surface area contributed by atoms with E-state index >= 15 is 0 Å². The van der Waals surface area contributed by atoms with Gasteiger partial charge in [-0.3, -0.25) is 19.2 Å². The number of nitrogens with one attached hydrogen (secondary N) is 2. The van der Waals surface area contributed by atoms with Crippen molar-refractivity contribution in [1.82, 2.24) is 20.6 Å². The van der Waals surface area contributed by atoms with Crippen LogP contribution in [0.5, 0.6) is 5.75 Å². The smallest absolute Gasteiger partial charge is 0.408 e. The van der Waals surface area contributed by atoms with E-state index in [4.69, 9.17) is 52.0 Å². The maximum absolute atomic E-state index is 13.4. The molecule has 19 nitrogen and oxygen atoms in total. The van der Waals surface area contributed by atoms with Crippen LogP contribution in [0.2, 0.25) is 5.02 Å². The molecule has 0 fully saturated rings. The Morgan fingerprint density at radius 2 is 1.48 bits per heavy atom. The lowest BCUT2D eigenvalue weighted by Crippen LogP contribution is -2.45. The second-order valence-electron chi connectivity index (χ2n) is 18.4. The average molecular weight is 1020 g/mol. The number of pyridine rings is 1. The third-order valence-electron chi connectivity index (χ3n) is 9.84. The first-order valence-electron chi connectivity index (χ1n) is 22.4. The summed E-state index contributed by atoms with van der Waals surface area (Å²) in [6, 6.07) is 13.2. The Balaban J connectivity index is 1.49. The first-order chi connectivity index (χ1) is 33.3. The molecule has 2 aromatic heterocycles. The lowest BCUT2D eigenvalue weighted by atomic mass is 10.00.